The lowest BCUT2D eigenvalue weighted by atomic mass is 10.3. The predicted octanol–water partition coefficient (Wildman–Crippen LogP) is 2.90. The third-order valence-electron chi connectivity index (χ3n) is 1.98. The van der Waals surface area contributed by atoms with Crippen molar-refractivity contribution in [3.05, 3.63) is 15.8 Å². The van der Waals surface area contributed by atoms with E-state index < -0.39 is 0 Å². The highest BCUT2D eigenvalue weighted by atomic mass is 32.1. The molecular formula is C9H9NOS. The van der Waals surface area contributed by atoms with Crippen LogP contribution in [0.2, 0.25) is 0 Å². The SMILES string of the molecule is Cc1cc(N=C=O)c(C2CC2)s1. The lowest BCUT2D eigenvalue weighted by Crippen LogP contribution is -1.68. The number of carbonyl (C=O) groups excluding carboxylic acids is 1. The summed E-state index contributed by atoms with van der Waals surface area (Å²) in [6.07, 6.45) is 4.10. The fourth-order valence-corrected chi connectivity index (χ4v) is 2.42. The molecule has 1 saturated carbocycles. The third kappa shape index (κ3) is 1.33. The van der Waals surface area contributed by atoms with Crippen molar-refractivity contribution in [2.75, 3.05) is 0 Å². The molecule has 12 heavy (non-hydrogen) atoms. The molecule has 0 aliphatic heterocycles. The number of aryl methyl sites for hydroxylation is 1. The lowest BCUT2D eigenvalue weighted by molar-refractivity contribution is 0.565. The van der Waals surface area contributed by atoms with Gasteiger partial charge in [-0.2, -0.15) is 4.99 Å². The van der Waals surface area contributed by atoms with Gasteiger partial charge in [0.05, 0.1) is 5.69 Å². The number of hydrogen-bond donors (Lipinski definition) is 0. The summed E-state index contributed by atoms with van der Waals surface area (Å²) in [5, 5.41) is 0. The van der Waals surface area contributed by atoms with E-state index in [0.717, 1.165) is 5.69 Å². The van der Waals surface area contributed by atoms with Gasteiger partial charge in [-0.25, -0.2) is 4.79 Å². The number of isocyanates is 1. The van der Waals surface area contributed by atoms with Crippen molar-refractivity contribution in [3.8, 4) is 0 Å². The van der Waals surface area contributed by atoms with Crippen LogP contribution < -0.4 is 0 Å². The van der Waals surface area contributed by atoms with Gasteiger partial charge in [-0.15, -0.1) is 11.3 Å². The van der Waals surface area contributed by atoms with Crippen molar-refractivity contribution >= 4 is 23.1 Å². The van der Waals surface area contributed by atoms with E-state index in [4.69, 9.17) is 0 Å². The van der Waals surface area contributed by atoms with Crippen molar-refractivity contribution in [1.29, 1.82) is 0 Å². The van der Waals surface area contributed by atoms with Crippen LogP contribution in [0.25, 0.3) is 0 Å². The number of hydrogen-bond acceptors (Lipinski definition) is 3. The summed E-state index contributed by atoms with van der Waals surface area (Å²) >= 11 is 1.75. The van der Waals surface area contributed by atoms with Crippen molar-refractivity contribution in [2.45, 2.75) is 25.7 Å². The van der Waals surface area contributed by atoms with Crippen LogP contribution in [0.4, 0.5) is 5.69 Å². The van der Waals surface area contributed by atoms with E-state index in [1.54, 1.807) is 17.4 Å². The Morgan fingerprint density at radius 3 is 3.00 bits per heavy atom. The zero-order chi connectivity index (χ0) is 8.55. The first-order chi connectivity index (χ1) is 5.81. The molecule has 3 heteroatoms. The van der Waals surface area contributed by atoms with Crippen LogP contribution in [-0.4, -0.2) is 6.08 Å². The first-order valence-corrected chi connectivity index (χ1v) is 4.81. The summed E-state index contributed by atoms with van der Waals surface area (Å²) in [5.74, 6) is 0.677. The molecule has 1 aliphatic rings. The number of aliphatic imine (C=N–C) groups is 1. The molecule has 0 aromatic carbocycles. The molecule has 0 atom stereocenters. The van der Waals surface area contributed by atoms with E-state index in [2.05, 4.69) is 4.99 Å². The van der Waals surface area contributed by atoms with E-state index in [9.17, 15) is 4.79 Å². The van der Waals surface area contributed by atoms with Gasteiger partial charge in [0.2, 0.25) is 6.08 Å². The second kappa shape index (κ2) is 2.85. The molecule has 1 fully saturated rings. The number of thiophene rings is 1. The predicted molar refractivity (Wildman–Crippen MR) is 48.8 cm³/mol. The zero-order valence-electron chi connectivity index (χ0n) is 6.83. The smallest absolute Gasteiger partial charge is 0.211 e. The summed E-state index contributed by atoms with van der Waals surface area (Å²) in [5.41, 5.74) is 0.843. The molecule has 0 N–H and O–H groups in total. The Morgan fingerprint density at radius 2 is 2.42 bits per heavy atom. The summed E-state index contributed by atoms with van der Waals surface area (Å²) in [7, 11) is 0. The van der Waals surface area contributed by atoms with Gasteiger partial charge in [0.25, 0.3) is 0 Å². The maximum absolute atomic E-state index is 10.1. The highest BCUT2D eigenvalue weighted by Gasteiger charge is 2.27. The Labute approximate surface area is 74.9 Å². The fraction of sp³-hybridized carbons (Fsp3) is 0.444. The second-order valence-corrected chi connectivity index (χ2v) is 4.37. The highest BCUT2D eigenvalue weighted by molar-refractivity contribution is 7.12. The van der Waals surface area contributed by atoms with E-state index in [-0.39, 0.29) is 0 Å². The summed E-state index contributed by atoms with van der Waals surface area (Å²) in [6, 6.07) is 1.96. The van der Waals surface area contributed by atoms with Crippen molar-refractivity contribution in [1.82, 2.24) is 0 Å². The third-order valence-corrected chi connectivity index (χ3v) is 3.18. The molecule has 2 nitrogen and oxygen atoms in total. The molecule has 1 aliphatic carbocycles. The minimum atomic E-state index is 0.677. The van der Waals surface area contributed by atoms with Gasteiger partial charge >= 0.3 is 0 Å². The maximum Gasteiger partial charge on any atom is 0.240 e. The quantitative estimate of drug-likeness (QED) is 0.507. The molecule has 62 valence electrons. The average molecular weight is 179 g/mol. The molecule has 2 rings (SSSR count). The van der Waals surface area contributed by atoms with Crippen LogP contribution in [-0.2, 0) is 4.79 Å². The monoisotopic (exact) mass is 179 g/mol. The van der Waals surface area contributed by atoms with Crippen LogP contribution in [0, 0.1) is 6.92 Å². The zero-order valence-corrected chi connectivity index (χ0v) is 7.65. The van der Waals surface area contributed by atoms with Crippen LogP contribution in [0.15, 0.2) is 11.1 Å². The second-order valence-electron chi connectivity index (χ2n) is 3.08. The van der Waals surface area contributed by atoms with Crippen LogP contribution in [0.5, 0.6) is 0 Å². The van der Waals surface area contributed by atoms with E-state index in [1.165, 1.54) is 22.6 Å². The van der Waals surface area contributed by atoms with Crippen molar-refractivity contribution < 1.29 is 4.79 Å². The Balaban J connectivity index is 2.42. The Hall–Kier alpha value is -0.920. The first-order valence-electron chi connectivity index (χ1n) is 3.99. The van der Waals surface area contributed by atoms with Gasteiger partial charge in [-0.1, -0.05) is 0 Å². The highest BCUT2D eigenvalue weighted by Crippen LogP contribution is 2.48. The minimum Gasteiger partial charge on any atom is -0.211 e. The molecule has 0 radical (unpaired) electrons. The molecule has 1 heterocycles. The van der Waals surface area contributed by atoms with Crippen LogP contribution in [0.1, 0.15) is 28.5 Å². The normalized spacial score (nSPS) is 15.8. The maximum atomic E-state index is 10.1. The van der Waals surface area contributed by atoms with Gasteiger partial charge in [0.15, 0.2) is 0 Å². The van der Waals surface area contributed by atoms with Crippen molar-refractivity contribution in [3.63, 3.8) is 0 Å². The lowest BCUT2D eigenvalue weighted by Gasteiger charge is -1.90. The Bertz CT molecular complexity index is 345. The molecule has 1 aromatic rings. The molecule has 0 bridgehead atoms. The molecule has 0 spiro atoms. The number of rotatable bonds is 2. The van der Waals surface area contributed by atoms with Crippen LogP contribution >= 0.6 is 11.3 Å². The van der Waals surface area contributed by atoms with Crippen molar-refractivity contribution in [2.24, 2.45) is 4.99 Å². The molecule has 0 saturated heterocycles. The van der Waals surface area contributed by atoms with E-state index in [0.29, 0.717) is 5.92 Å². The first kappa shape index (κ1) is 7.71. The van der Waals surface area contributed by atoms with Crippen LogP contribution in [0.3, 0.4) is 0 Å². The molecule has 1 aromatic heterocycles. The van der Waals surface area contributed by atoms with Gasteiger partial charge in [-0.3, -0.25) is 0 Å². The van der Waals surface area contributed by atoms with Gasteiger partial charge in [-0.05, 0) is 31.7 Å². The summed E-state index contributed by atoms with van der Waals surface area (Å²) < 4.78 is 0. The minimum absolute atomic E-state index is 0.677. The summed E-state index contributed by atoms with van der Waals surface area (Å²) in [4.78, 5) is 16.3. The number of nitrogens with zero attached hydrogens (tertiary/aromatic N) is 1. The summed E-state index contributed by atoms with van der Waals surface area (Å²) in [6.45, 7) is 2.04. The van der Waals surface area contributed by atoms with E-state index in [1.807, 2.05) is 13.0 Å². The topological polar surface area (TPSA) is 29.4 Å². The fourth-order valence-electron chi connectivity index (χ4n) is 1.29. The average Bonchev–Trinajstić information content (AvgIpc) is 2.79. The van der Waals surface area contributed by atoms with Gasteiger partial charge in [0.1, 0.15) is 0 Å². The largest absolute Gasteiger partial charge is 0.240 e. The van der Waals surface area contributed by atoms with Gasteiger partial charge in [0, 0.05) is 9.75 Å². The molecular weight excluding hydrogens is 170 g/mol. The molecule has 0 amide bonds. The standard InChI is InChI=1S/C9H9NOS/c1-6-4-8(10-5-11)9(12-6)7-2-3-7/h4,7H,2-3H2,1H3. The molecule has 0 unspecified atom stereocenters. The van der Waals surface area contributed by atoms with E-state index >= 15 is 0 Å². The van der Waals surface area contributed by atoms with Gasteiger partial charge < -0.3 is 0 Å². The Kier molecular flexibility index (Phi) is 1.83. The Morgan fingerprint density at radius 1 is 1.67 bits per heavy atom.